The Morgan fingerprint density at radius 1 is 0.967 bits per heavy atom. The molecular weight excluding hydrogens is 378 g/mol. The summed E-state index contributed by atoms with van der Waals surface area (Å²) in [5.41, 5.74) is 3.47. The van der Waals surface area contributed by atoms with E-state index in [-0.39, 0.29) is 6.61 Å². The number of nitrogens with zero attached hydrogens (tertiary/aromatic N) is 6. The van der Waals surface area contributed by atoms with Crippen molar-refractivity contribution in [3.63, 3.8) is 0 Å². The quantitative estimate of drug-likeness (QED) is 0.472. The topological polar surface area (TPSA) is 93.2 Å². The van der Waals surface area contributed by atoms with Crippen molar-refractivity contribution < 1.29 is 5.11 Å². The number of aromatic nitrogens is 6. The minimum Gasteiger partial charge on any atom is -0.390 e. The normalized spacial score (nSPS) is 11.1. The molecule has 148 valence electrons. The van der Waals surface area contributed by atoms with Crippen LogP contribution < -0.4 is 5.32 Å². The first-order valence-corrected chi connectivity index (χ1v) is 9.49. The molecule has 0 aliphatic rings. The number of fused-ring (bicyclic) bond motifs is 1. The van der Waals surface area contributed by atoms with Crippen molar-refractivity contribution in [3.05, 3.63) is 78.9 Å². The lowest BCUT2D eigenvalue weighted by Gasteiger charge is -2.11. The third-order valence-corrected chi connectivity index (χ3v) is 4.83. The maximum atomic E-state index is 9.43. The van der Waals surface area contributed by atoms with Gasteiger partial charge in [0.2, 0.25) is 5.82 Å². The van der Waals surface area contributed by atoms with E-state index in [4.69, 9.17) is 4.98 Å². The number of benzene rings is 1. The Morgan fingerprint density at radius 2 is 1.83 bits per heavy atom. The molecule has 0 fully saturated rings. The van der Waals surface area contributed by atoms with Crippen LogP contribution in [0.1, 0.15) is 5.69 Å². The highest BCUT2D eigenvalue weighted by molar-refractivity contribution is 5.90. The number of rotatable bonds is 5. The molecule has 5 rings (SSSR count). The fraction of sp³-hybridized carbons (Fsp3) is 0.0909. The van der Waals surface area contributed by atoms with Crippen molar-refractivity contribution in [2.75, 3.05) is 5.32 Å². The van der Waals surface area contributed by atoms with E-state index in [9.17, 15) is 5.11 Å². The van der Waals surface area contributed by atoms with Crippen LogP contribution >= 0.6 is 0 Å². The van der Waals surface area contributed by atoms with Crippen LogP contribution in [0.25, 0.3) is 28.3 Å². The van der Waals surface area contributed by atoms with Gasteiger partial charge in [0.15, 0.2) is 11.6 Å². The molecule has 30 heavy (non-hydrogen) atoms. The van der Waals surface area contributed by atoms with Crippen LogP contribution in [-0.2, 0) is 13.7 Å². The van der Waals surface area contributed by atoms with Crippen LogP contribution in [0.5, 0.6) is 0 Å². The van der Waals surface area contributed by atoms with Crippen molar-refractivity contribution >= 4 is 17.2 Å². The Bertz CT molecular complexity index is 1320. The van der Waals surface area contributed by atoms with Crippen LogP contribution in [0.2, 0.25) is 0 Å². The first-order chi connectivity index (χ1) is 14.7. The number of aliphatic hydroxyl groups excluding tert-OH is 1. The van der Waals surface area contributed by atoms with E-state index in [0.717, 1.165) is 16.6 Å². The molecule has 0 bridgehead atoms. The lowest BCUT2D eigenvalue weighted by Crippen LogP contribution is -2.07. The standard InChI is InChI=1S/C22H19N7O/c1-28-13-11-23-22(28)21-26-20(25-18-9-5-8-16(14-30)24-18)19-17(10-12-29(19)27-21)15-6-3-2-4-7-15/h2-13,30H,14H2,1H3,(H,24,25,26,27). The Balaban J connectivity index is 1.71. The minimum absolute atomic E-state index is 0.131. The molecular formula is C22H19N7O. The van der Waals surface area contributed by atoms with E-state index >= 15 is 0 Å². The summed E-state index contributed by atoms with van der Waals surface area (Å²) < 4.78 is 3.68. The molecule has 5 aromatic rings. The highest BCUT2D eigenvalue weighted by Crippen LogP contribution is 2.32. The summed E-state index contributed by atoms with van der Waals surface area (Å²) in [4.78, 5) is 13.6. The lowest BCUT2D eigenvalue weighted by molar-refractivity contribution is 0.277. The monoisotopic (exact) mass is 397 g/mol. The van der Waals surface area contributed by atoms with Gasteiger partial charge in [0.1, 0.15) is 11.3 Å². The van der Waals surface area contributed by atoms with Gasteiger partial charge in [-0.25, -0.2) is 19.5 Å². The molecule has 2 N–H and O–H groups in total. The van der Waals surface area contributed by atoms with Gasteiger partial charge < -0.3 is 15.0 Å². The van der Waals surface area contributed by atoms with Gasteiger partial charge >= 0.3 is 0 Å². The summed E-state index contributed by atoms with van der Waals surface area (Å²) in [5, 5.41) is 17.4. The molecule has 0 unspecified atom stereocenters. The number of aliphatic hydroxyl groups is 1. The first-order valence-electron chi connectivity index (χ1n) is 9.49. The third-order valence-electron chi connectivity index (χ3n) is 4.83. The molecule has 0 aliphatic carbocycles. The number of nitrogens with one attached hydrogen (secondary N) is 1. The summed E-state index contributed by atoms with van der Waals surface area (Å²) in [6.45, 7) is -0.131. The summed E-state index contributed by atoms with van der Waals surface area (Å²) in [6.07, 6.45) is 5.48. The molecule has 8 nitrogen and oxygen atoms in total. The van der Waals surface area contributed by atoms with E-state index in [1.54, 1.807) is 16.8 Å². The molecule has 0 saturated heterocycles. The number of hydrogen-bond donors (Lipinski definition) is 2. The van der Waals surface area contributed by atoms with Gasteiger partial charge in [-0.15, -0.1) is 5.10 Å². The predicted octanol–water partition coefficient (Wildman–Crippen LogP) is 3.43. The van der Waals surface area contributed by atoms with Gasteiger partial charge in [0.25, 0.3) is 0 Å². The number of imidazole rings is 1. The molecule has 8 heteroatoms. The second-order valence-electron chi connectivity index (χ2n) is 6.83. The fourth-order valence-electron chi connectivity index (χ4n) is 3.40. The van der Waals surface area contributed by atoms with Crippen molar-refractivity contribution in [2.24, 2.45) is 7.05 Å². The van der Waals surface area contributed by atoms with Crippen molar-refractivity contribution in [1.29, 1.82) is 0 Å². The number of anilines is 2. The van der Waals surface area contributed by atoms with E-state index in [0.29, 0.717) is 29.0 Å². The maximum absolute atomic E-state index is 9.43. The Labute approximate surface area is 172 Å². The van der Waals surface area contributed by atoms with Crippen LogP contribution in [0.15, 0.2) is 73.2 Å². The highest BCUT2D eigenvalue weighted by Gasteiger charge is 2.17. The molecule has 4 heterocycles. The second kappa shape index (κ2) is 7.41. The van der Waals surface area contributed by atoms with Gasteiger partial charge in [-0.3, -0.25) is 0 Å². The molecule has 4 aromatic heterocycles. The maximum Gasteiger partial charge on any atom is 0.218 e. The molecule has 0 spiro atoms. The fourth-order valence-corrected chi connectivity index (χ4v) is 3.40. The van der Waals surface area contributed by atoms with Gasteiger partial charge in [-0.05, 0) is 23.8 Å². The van der Waals surface area contributed by atoms with Gasteiger partial charge in [-0.1, -0.05) is 36.4 Å². The minimum atomic E-state index is -0.131. The number of aryl methyl sites for hydroxylation is 1. The molecule has 0 radical (unpaired) electrons. The molecule has 0 saturated carbocycles. The molecule has 1 aromatic carbocycles. The Morgan fingerprint density at radius 3 is 2.60 bits per heavy atom. The average molecular weight is 397 g/mol. The summed E-state index contributed by atoms with van der Waals surface area (Å²) in [5.74, 6) is 2.35. The summed E-state index contributed by atoms with van der Waals surface area (Å²) >= 11 is 0. The van der Waals surface area contributed by atoms with E-state index in [1.807, 2.05) is 60.4 Å². The first kappa shape index (κ1) is 18.0. The van der Waals surface area contributed by atoms with Crippen LogP contribution in [0, 0.1) is 0 Å². The van der Waals surface area contributed by atoms with Crippen molar-refractivity contribution in [1.82, 2.24) is 29.1 Å². The second-order valence-corrected chi connectivity index (χ2v) is 6.83. The SMILES string of the molecule is Cn1ccnc1-c1nc(Nc2cccc(CO)n2)c2c(-c3ccccc3)ccn2n1. The molecule has 0 amide bonds. The van der Waals surface area contributed by atoms with Gasteiger partial charge in [0.05, 0.1) is 12.3 Å². The highest BCUT2D eigenvalue weighted by atomic mass is 16.3. The average Bonchev–Trinajstić information content (AvgIpc) is 3.41. The van der Waals surface area contributed by atoms with E-state index in [1.165, 1.54) is 0 Å². The van der Waals surface area contributed by atoms with Crippen molar-refractivity contribution in [3.8, 4) is 22.8 Å². The molecule has 0 aliphatic heterocycles. The molecule has 0 atom stereocenters. The predicted molar refractivity (Wildman–Crippen MR) is 114 cm³/mol. The zero-order valence-electron chi connectivity index (χ0n) is 16.3. The van der Waals surface area contributed by atoms with Crippen LogP contribution in [-0.4, -0.2) is 34.2 Å². The summed E-state index contributed by atoms with van der Waals surface area (Å²) in [7, 11) is 1.90. The van der Waals surface area contributed by atoms with E-state index in [2.05, 4.69) is 32.5 Å². The smallest absolute Gasteiger partial charge is 0.218 e. The van der Waals surface area contributed by atoms with Gasteiger partial charge in [0, 0.05) is 31.2 Å². The van der Waals surface area contributed by atoms with Crippen molar-refractivity contribution in [2.45, 2.75) is 6.61 Å². The zero-order valence-corrected chi connectivity index (χ0v) is 16.3. The Hall–Kier alpha value is -4.04. The Kier molecular flexibility index (Phi) is 4.45. The zero-order chi connectivity index (χ0) is 20.5. The van der Waals surface area contributed by atoms with E-state index < -0.39 is 0 Å². The van der Waals surface area contributed by atoms with Crippen LogP contribution in [0.3, 0.4) is 0 Å². The van der Waals surface area contributed by atoms with Crippen LogP contribution in [0.4, 0.5) is 11.6 Å². The largest absolute Gasteiger partial charge is 0.390 e. The third kappa shape index (κ3) is 3.19. The van der Waals surface area contributed by atoms with Gasteiger partial charge in [-0.2, -0.15) is 0 Å². The lowest BCUT2D eigenvalue weighted by atomic mass is 10.1. The number of pyridine rings is 1. The number of hydrogen-bond acceptors (Lipinski definition) is 6. The summed E-state index contributed by atoms with van der Waals surface area (Å²) in [6, 6.07) is 17.6.